The molecule has 0 N–H and O–H groups in total. The molecule has 0 aliphatic carbocycles. The van der Waals surface area contributed by atoms with Crippen LogP contribution in [0.3, 0.4) is 0 Å². The lowest BCUT2D eigenvalue weighted by molar-refractivity contribution is 0.0986. The number of Topliss-reactive ketones (excluding diaryl/α,β-unsaturated/α-hetero) is 1. The summed E-state index contributed by atoms with van der Waals surface area (Å²) in [6.45, 7) is 1.88. The quantitative estimate of drug-likeness (QED) is 0.377. The van der Waals surface area contributed by atoms with Gasteiger partial charge in [0.1, 0.15) is 0 Å². The number of hydrogen-bond acceptors (Lipinski definition) is 4. The van der Waals surface area contributed by atoms with E-state index in [0.717, 1.165) is 33.4 Å². The fraction of sp³-hybridized carbons (Fsp3) is 0.0769. The highest BCUT2D eigenvalue weighted by Gasteiger charge is 2.19. The normalized spacial score (nSPS) is 11.0. The Kier molecular flexibility index (Phi) is 4.84. The summed E-state index contributed by atoms with van der Waals surface area (Å²) in [7, 11) is 0. The van der Waals surface area contributed by atoms with E-state index >= 15 is 0 Å². The zero-order valence-electron chi connectivity index (χ0n) is 17.1. The number of benzene rings is 3. The minimum atomic E-state index is -0.0938. The van der Waals surface area contributed by atoms with Crippen LogP contribution in [-0.4, -0.2) is 25.8 Å². The molecule has 0 saturated heterocycles. The molecule has 0 spiro atoms. The largest absolute Gasteiger partial charge is 0.292 e. The maximum Gasteiger partial charge on any atom is 0.190 e. The molecule has 0 atom stereocenters. The number of hydrogen-bond donors (Lipinski definition) is 0. The van der Waals surface area contributed by atoms with Crippen molar-refractivity contribution in [2.75, 3.05) is 0 Å². The molecule has 0 unspecified atom stereocenters. The lowest BCUT2D eigenvalue weighted by atomic mass is 10.0. The highest BCUT2D eigenvalue weighted by molar-refractivity contribution is 5.97. The van der Waals surface area contributed by atoms with Crippen LogP contribution in [0.4, 0.5) is 0 Å². The van der Waals surface area contributed by atoms with E-state index in [1.165, 1.54) is 0 Å². The van der Waals surface area contributed by atoms with Crippen LogP contribution in [0.5, 0.6) is 0 Å². The van der Waals surface area contributed by atoms with E-state index in [0.29, 0.717) is 11.4 Å². The lowest BCUT2D eigenvalue weighted by Crippen LogP contribution is -2.08. The van der Waals surface area contributed by atoms with Crippen LogP contribution in [0, 0.1) is 6.92 Å². The first-order valence-electron chi connectivity index (χ1n) is 10.2. The van der Waals surface area contributed by atoms with Gasteiger partial charge < -0.3 is 0 Å². The third kappa shape index (κ3) is 3.62. The van der Waals surface area contributed by atoms with E-state index in [2.05, 4.69) is 27.4 Å². The van der Waals surface area contributed by atoms with Crippen molar-refractivity contribution in [3.63, 3.8) is 0 Å². The lowest BCUT2D eigenvalue weighted by Gasteiger charge is -2.10. The van der Waals surface area contributed by atoms with Gasteiger partial charge in [0, 0.05) is 16.6 Å². The van der Waals surface area contributed by atoms with Crippen LogP contribution in [0.25, 0.3) is 27.7 Å². The Bertz CT molecular complexity index is 1390. The molecule has 5 nitrogen and oxygen atoms in total. The number of carbonyl (C=O) groups is 1. The van der Waals surface area contributed by atoms with E-state index in [1.54, 1.807) is 4.68 Å². The molecule has 0 radical (unpaired) electrons. The summed E-state index contributed by atoms with van der Waals surface area (Å²) in [4.78, 5) is 17.6. The second-order valence-electron chi connectivity index (χ2n) is 7.41. The second kappa shape index (κ2) is 7.95. The fourth-order valence-corrected chi connectivity index (χ4v) is 3.79. The van der Waals surface area contributed by atoms with Crippen molar-refractivity contribution in [2.45, 2.75) is 13.3 Å². The highest BCUT2D eigenvalue weighted by Crippen LogP contribution is 2.27. The molecule has 150 valence electrons. The van der Waals surface area contributed by atoms with Crippen LogP contribution >= 0.6 is 0 Å². The van der Waals surface area contributed by atoms with E-state index in [1.807, 2.05) is 85.8 Å². The van der Waals surface area contributed by atoms with E-state index in [-0.39, 0.29) is 12.2 Å². The van der Waals surface area contributed by atoms with Gasteiger partial charge in [0.2, 0.25) is 0 Å². The zero-order chi connectivity index (χ0) is 21.2. The van der Waals surface area contributed by atoms with Crippen molar-refractivity contribution in [3.05, 3.63) is 108 Å². The van der Waals surface area contributed by atoms with Crippen molar-refractivity contribution in [1.29, 1.82) is 0 Å². The van der Waals surface area contributed by atoms with Crippen molar-refractivity contribution >= 4 is 16.7 Å². The molecule has 5 heteroatoms. The third-order valence-electron chi connectivity index (χ3n) is 5.37. The summed E-state index contributed by atoms with van der Waals surface area (Å²) < 4.78 is 1.74. The highest BCUT2D eigenvalue weighted by atomic mass is 16.1. The molecule has 0 fully saturated rings. The van der Waals surface area contributed by atoms with Gasteiger partial charge in [-0.15, -0.1) is 5.10 Å². The van der Waals surface area contributed by atoms with Crippen molar-refractivity contribution < 1.29 is 4.79 Å². The Morgan fingerprint density at radius 2 is 1.58 bits per heavy atom. The first-order chi connectivity index (χ1) is 15.2. The van der Waals surface area contributed by atoms with Crippen LogP contribution in [-0.2, 0) is 6.42 Å². The average molecular weight is 404 g/mol. The standard InChI is InChI=1S/C26H20N4O/c1-18-26(25(31)17-21-16-15-20-11-5-7-13-23(20)27-21)28-29-30(18)24-14-8-6-12-22(24)19-9-3-2-4-10-19/h2-16H,17H2,1H3. The van der Waals surface area contributed by atoms with Gasteiger partial charge in [0.15, 0.2) is 11.5 Å². The van der Waals surface area contributed by atoms with E-state index < -0.39 is 0 Å². The Morgan fingerprint density at radius 3 is 2.45 bits per heavy atom. The topological polar surface area (TPSA) is 60.7 Å². The van der Waals surface area contributed by atoms with Gasteiger partial charge in [0.25, 0.3) is 0 Å². The second-order valence-corrected chi connectivity index (χ2v) is 7.41. The van der Waals surface area contributed by atoms with Gasteiger partial charge in [-0.25, -0.2) is 4.68 Å². The Balaban J connectivity index is 1.47. The summed E-state index contributed by atoms with van der Waals surface area (Å²) in [5.41, 5.74) is 5.70. The van der Waals surface area contributed by atoms with Crippen LogP contribution in [0.15, 0.2) is 91.0 Å². The molecule has 5 rings (SSSR count). The summed E-state index contributed by atoms with van der Waals surface area (Å²) >= 11 is 0. The van der Waals surface area contributed by atoms with Crippen molar-refractivity contribution in [3.8, 4) is 16.8 Å². The van der Waals surface area contributed by atoms with E-state index in [9.17, 15) is 4.79 Å². The smallest absolute Gasteiger partial charge is 0.190 e. The predicted octanol–water partition coefficient (Wildman–Crippen LogP) is 5.22. The maximum absolute atomic E-state index is 13.0. The average Bonchev–Trinajstić information content (AvgIpc) is 3.21. The van der Waals surface area contributed by atoms with Gasteiger partial charge in [-0.2, -0.15) is 0 Å². The first-order valence-corrected chi connectivity index (χ1v) is 10.2. The molecular weight excluding hydrogens is 384 g/mol. The number of rotatable bonds is 5. The molecule has 0 saturated carbocycles. The number of nitrogens with zero attached hydrogens (tertiary/aromatic N) is 4. The molecule has 2 aromatic heterocycles. The Labute approximate surface area is 180 Å². The Hall–Kier alpha value is -4.12. The van der Waals surface area contributed by atoms with Crippen molar-refractivity contribution in [2.24, 2.45) is 0 Å². The number of fused-ring (bicyclic) bond motifs is 1. The number of pyridine rings is 1. The number of ketones is 1. The molecule has 0 aliphatic heterocycles. The molecule has 3 aromatic carbocycles. The zero-order valence-corrected chi connectivity index (χ0v) is 17.1. The summed E-state index contributed by atoms with van der Waals surface area (Å²) in [5, 5.41) is 9.59. The molecule has 2 heterocycles. The number of para-hydroxylation sites is 2. The van der Waals surface area contributed by atoms with Crippen molar-refractivity contribution in [1.82, 2.24) is 20.0 Å². The summed E-state index contributed by atoms with van der Waals surface area (Å²) in [5.74, 6) is -0.0938. The predicted molar refractivity (Wildman–Crippen MR) is 121 cm³/mol. The molecule has 0 aliphatic rings. The molecule has 0 bridgehead atoms. The SMILES string of the molecule is Cc1c(C(=O)Cc2ccc3ccccc3n2)nnn1-c1ccccc1-c1ccccc1. The molecule has 0 amide bonds. The third-order valence-corrected chi connectivity index (χ3v) is 5.37. The van der Waals surface area contributed by atoms with E-state index in [4.69, 9.17) is 0 Å². The van der Waals surface area contributed by atoms with Gasteiger partial charge in [-0.1, -0.05) is 78.0 Å². The van der Waals surface area contributed by atoms with Crippen LogP contribution < -0.4 is 0 Å². The maximum atomic E-state index is 13.0. The first kappa shape index (κ1) is 18.9. The summed E-state index contributed by atoms with van der Waals surface area (Å²) in [6, 6.07) is 29.9. The van der Waals surface area contributed by atoms with Gasteiger partial charge in [-0.3, -0.25) is 9.78 Å². The van der Waals surface area contributed by atoms with Gasteiger partial charge >= 0.3 is 0 Å². The summed E-state index contributed by atoms with van der Waals surface area (Å²) in [6.07, 6.45) is 0.185. The minimum absolute atomic E-state index is 0.0938. The fourth-order valence-electron chi connectivity index (χ4n) is 3.79. The van der Waals surface area contributed by atoms with Gasteiger partial charge in [0.05, 0.1) is 23.3 Å². The molecular formula is C26H20N4O. The Morgan fingerprint density at radius 1 is 0.839 bits per heavy atom. The minimum Gasteiger partial charge on any atom is -0.292 e. The van der Waals surface area contributed by atoms with Crippen LogP contribution in [0.1, 0.15) is 21.9 Å². The number of carbonyl (C=O) groups excluding carboxylic acids is 1. The molecule has 5 aromatic rings. The number of aromatic nitrogens is 4. The monoisotopic (exact) mass is 404 g/mol. The van der Waals surface area contributed by atoms with Crippen LogP contribution in [0.2, 0.25) is 0 Å². The molecule has 31 heavy (non-hydrogen) atoms. The van der Waals surface area contributed by atoms with Gasteiger partial charge in [-0.05, 0) is 30.7 Å².